The van der Waals surface area contributed by atoms with Crippen molar-refractivity contribution in [2.45, 2.75) is 31.7 Å². The zero-order chi connectivity index (χ0) is 14.6. The van der Waals surface area contributed by atoms with Crippen LogP contribution in [0.2, 0.25) is 0 Å². The Morgan fingerprint density at radius 1 is 1.37 bits per heavy atom. The average Bonchev–Trinajstić information content (AvgIpc) is 2.27. The van der Waals surface area contributed by atoms with Crippen molar-refractivity contribution >= 4 is 15.7 Å². The minimum absolute atomic E-state index is 0.125. The van der Waals surface area contributed by atoms with Crippen molar-refractivity contribution < 1.29 is 13.2 Å². The van der Waals surface area contributed by atoms with Crippen LogP contribution in [0.4, 0.5) is 5.69 Å². The molecule has 1 rings (SSSR count). The molecule has 108 valence electrons. The molecule has 0 amide bonds. The third-order valence-electron chi connectivity index (χ3n) is 2.97. The third-order valence-corrected chi connectivity index (χ3v) is 4.68. The number of anilines is 1. The maximum atomic E-state index is 12.4. The first-order chi connectivity index (χ1) is 8.79. The lowest BCUT2D eigenvalue weighted by Crippen LogP contribution is -2.42. The van der Waals surface area contributed by atoms with E-state index < -0.39 is 10.0 Å². The standard InChI is InChI=1S/C13H22N2O3S/c1-9(2)12(8-18-4)15-19(16,17)13-10(3)6-5-7-11(13)14/h5-7,9,12,15H,8,14H2,1-4H3. The maximum absolute atomic E-state index is 12.4. The molecule has 19 heavy (non-hydrogen) atoms. The van der Waals surface area contributed by atoms with Crippen molar-refractivity contribution in [3.05, 3.63) is 23.8 Å². The molecule has 0 aromatic heterocycles. The Labute approximate surface area is 115 Å². The highest BCUT2D eigenvalue weighted by atomic mass is 32.2. The van der Waals surface area contributed by atoms with Gasteiger partial charge in [-0.1, -0.05) is 26.0 Å². The summed E-state index contributed by atoms with van der Waals surface area (Å²) in [7, 11) is -2.10. The van der Waals surface area contributed by atoms with Crippen molar-refractivity contribution in [1.82, 2.24) is 4.72 Å². The molecule has 0 spiro atoms. The summed E-state index contributed by atoms with van der Waals surface area (Å²) in [5.41, 5.74) is 6.67. The Bertz CT molecular complexity index is 506. The van der Waals surface area contributed by atoms with Crippen LogP contribution in [0.1, 0.15) is 19.4 Å². The van der Waals surface area contributed by atoms with Crippen LogP contribution in [-0.4, -0.2) is 28.2 Å². The summed E-state index contributed by atoms with van der Waals surface area (Å²) in [5, 5.41) is 0. The van der Waals surface area contributed by atoms with E-state index in [9.17, 15) is 8.42 Å². The Balaban J connectivity index is 3.10. The number of rotatable bonds is 6. The number of methoxy groups -OCH3 is 1. The smallest absolute Gasteiger partial charge is 0.243 e. The number of benzene rings is 1. The van der Waals surface area contributed by atoms with Gasteiger partial charge in [0.05, 0.1) is 12.3 Å². The highest BCUT2D eigenvalue weighted by Crippen LogP contribution is 2.22. The number of nitrogens with two attached hydrogens (primary N) is 1. The number of hydrogen-bond donors (Lipinski definition) is 2. The SMILES string of the molecule is COCC(NS(=O)(=O)c1c(C)cccc1N)C(C)C. The second kappa shape index (κ2) is 6.36. The molecule has 5 nitrogen and oxygen atoms in total. The van der Waals surface area contributed by atoms with Gasteiger partial charge in [0.1, 0.15) is 4.90 Å². The molecule has 1 unspecified atom stereocenters. The first-order valence-electron chi connectivity index (χ1n) is 6.16. The van der Waals surface area contributed by atoms with Crippen LogP contribution >= 0.6 is 0 Å². The molecule has 0 radical (unpaired) electrons. The number of sulfonamides is 1. The van der Waals surface area contributed by atoms with Gasteiger partial charge in [-0.05, 0) is 24.5 Å². The van der Waals surface area contributed by atoms with E-state index in [4.69, 9.17) is 10.5 Å². The molecular formula is C13H22N2O3S. The van der Waals surface area contributed by atoms with Gasteiger partial charge < -0.3 is 10.5 Å². The summed E-state index contributed by atoms with van der Waals surface area (Å²) < 4.78 is 32.5. The highest BCUT2D eigenvalue weighted by Gasteiger charge is 2.25. The molecule has 0 aliphatic rings. The Morgan fingerprint density at radius 3 is 2.47 bits per heavy atom. The van der Waals surface area contributed by atoms with Gasteiger partial charge in [0.2, 0.25) is 10.0 Å². The summed E-state index contributed by atoms with van der Waals surface area (Å²) in [5.74, 6) is 0.125. The largest absolute Gasteiger partial charge is 0.398 e. The molecule has 1 aromatic carbocycles. The molecule has 0 fully saturated rings. The van der Waals surface area contributed by atoms with Gasteiger partial charge in [-0.2, -0.15) is 0 Å². The third kappa shape index (κ3) is 3.92. The quantitative estimate of drug-likeness (QED) is 0.777. The summed E-state index contributed by atoms with van der Waals surface area (Å²) in [6, 6.07) is 4.76. The molecule has 0 bridgehead atoms. The zero-order valence-electron chi connectivity index (χ0n) is 11.8. The van der Waals surface area contributed by atoms with Gasteiger partial charge in [-0.15, -0.1) is 0 Å². The molecule has 1 aromatic rings. The van der Waals surface area contributed by atoms with E-state index in [1.807, 2.05) is 13.8 Å². The van der Waals surface area contributed by atoms with Crippen molar-refractivity contribution in [2.24, 2.45) is 5.92 Å². The monoisotopic (exact) mass is 286 g/mol. The van der Waals surface area contributed by atoms with E-state index in [1.165, 1.54) is 0 Å². The number of nitrogens with one attached hydrogen (secondary N) is 1. The predicted octanol–water partition coefficient (Wildman–Crippen LogP) is 1.53. The topological polar surface area (TPSA) is 81.4 Å². The minimum atomic E-state index is -3.64. The molecule has 0 heterocycles. The van der Waals surface area contributed by atoms with Gasteiger partial charge >= 0.3 is 0 Å². The molecule has 0 aliphatic carbocycles. The number of aryl methyl sites for hydroxylation is 1. The fourth-order valence-corrected chi connectivity index (χ4v) is 3.57. The minimum Gasteiger partial charge on any atom is -0.398 e. The van der Waals surface area contributed by atoms with E-state index in [2.05, 4.69) is 4.72 Å². The van der Waals surface area contributed by atoms with Crippen LogP contribution in [0.25, 0.3) is 0 Å². The van der Waals surface area contributed by atoms with E-state index in [0.29, 0.717) is 12.2 Å². The van der Waals surface area contributed by atoms with Crippen molar-refractivity contribution in [1.29, 1.82) is 0 Å². The normalized spacial score (nSPS) is 13.7. The summed E-state index contributed by atoms with van der Waals surface area (Å²) in [6.07, 6.45) is 0. The lowest BCUT2D eigenvalue weighted by atomic mass is 10.1. The summed E-state index contributed by atoms with van der Waals surface area (Å²) >= 11 is 0. The fraction of sp³-hybridized carbons (Fsp3) is 0.538. The molecule has 3 N–H and O–H groups in total. The van der Waals surface area contributed by atoms with Gasteiger partial charge in [0.15, 0.2) is 0 Å². The van der Waals surface area contributed by atoms with Crippen LogP contribution in [0.3, 0.4) is 0 Å². The summed E-state index contributed by atoms with van der Waals surface area (Å²) in [6.45, 7) is 5.93. The second-order valence-corrected chi connectivity index (χ2v) is 6.57. The van der Waals surface area contributed by atoms with Crippen molar-refractivity contribution in [2.75, 3.05) is 19.5 Å². The first-order valence-corrected chi connectivity index (χ1v) is 7.64. The maximum Gasteiger partial charge on any atom is 0.243 e. The Morgan fingerprint density at radius 2 is 2.00 bits per heavy atom. The fourth-order valence-electron chi connectivity index (χ4n) is 1.84. The lowest BCUT2D eigenvalue weighted by Gasteiger charge is -2.22. The average molecular weight is 286 g/mol. The van der Waals surface area contributed by atoms with Crippen LogP contribution in [0.5, 0.6) is 0 Å². The number of ether oxygens (including phenoxy) is 1. The van der Waals surface area contributed by atoms with Crippen molar-refractivity contribution in [3.8, 4) is 0 Å². The highest BCUT2D eigenvalue weighted by molar-refractivity contribution is 7.89. The van der Waals surface area contributed by atoms with Gasteiger partial charge in [-0.3, -0.25) is 0 Å². The molecule has 1 atom stereocenters. The Kier molecular flexibility index (Phi) is 5.34. The van der Waals surface area contributed by atoms with Gasteiger partial charge in [-0.25, -0.2) is 13.1 Å². The van der Waals surface area contributed by atoms with Crippen LogP contribution < -0.4 is 10.5 Å². The van der Waals surface area contributed by atoms with Gasteiger partial charge in [0, 0.05) is 13.2 Å². The number of nitrogen functional groups attached to an aromatic ring is 1. The van der Waals surface area contributed by atoms with E-state index in [1.54, 1.807) is 32.2 Å². The van der Waals surface area contributed by atoms with Gasteiger partial charge in [0.25, 0.3) is 0 Å². The first kappa shape index (κ1) is 15.9. The van der Waals surface area contributed by atoms with Crippen LogP contribution in [0, 0.1) is 12.8 Å². The Hall–Kier alpha value is -1.11. The molecule has 0 aliphatic heterocycles. The van der Waals surface area contributed by atoms with Crippen LogP contribution in [-0.2, 0) is 14.8 Å². The zero-order valence-corrected chi connectivity index (χ0v) is 12.6. The second-order valence-electron chi connectivity index (χ2n) is 4.92. The van der Waals surface area contributed by atoms with Crippen molar-refractivity contribution in [3.63, 3.8) is 0 Å². The van der Waals surface area contributed by atoms with E-state index in [-0.39, 0.29) is 22.5 Å². The van der Waals surface area contributed by atoms with E-state index in [0.717, 1.165) is 0 Å². The number of hydrogen-bond acceptors (Lipinski definition) is 4. The van der Waals surface area contributed by atoms with Crippen LogP contribution in [0.15, 0.2) is 23.1 Å². The van der Waals surface area contributed by atoms with E-state index >= 15 is 0 Å². The lowest BCUT2D eigenvalue weighted by molar-refractivity contribution is 0.157. The molecule has 0 saturated carbocycles. The molecule has 0 saturated heterocycles. The summed E-state index contributed by atoms with van der Waals surface area (Å²) in [4.78, 5) is 0.150. The predicted molar refractivity (Wildman–Crippen MR) is 76.4 cm³/mol. The molecule has 6 heteroatoms. The molecular weight excluding hydrogens is 264 g/mol.